The monoisotopic (exact) mass is 307 g/mol. The van der Waals surface area contributed by atoms with Gasteiger partial charge in [0, 0.05) is 24.8 Å². The van der Waals surface area contributed by atoms with Crippen LogP contribution in [0.15, 0.2) is 16.9 Å². The molecule has 0 unspecified atom stereocenters. The Bertz CT molecular complexity index is 603. The number of hydrogen-bond donors (Lipinski definition) is 2. The lowest BCUT2D eigenvalue weighted by Crippen LogP contribution is -2.46. The van der Waals surface area contributed by atoms with E-state index in [1.807, 2.05) is 4.90 Å². The summed E-state index contributed by atoms with van der Waals surface area (Å²) in [7, 11) is 1.37. The Hall–Kier alpha value is -2.15. The van der Waals surface area contributed by atoms with Crippen molar-refractivity contribution < 1.29 is 14.3 Å². The Morgan fingerprint density at radius 2 is 2.05 bits per heavy atom. The highest BCUT2D eigenvalue weighted by Crippen LogP contribution is 2.10. The van der Waals surface area contributed by atoms with Crippen LogP contribution in [-0.2, 0) is 9.53 Å². The zero-order valence-electron chi connectivity index (χ0n) is 12.8. The smallest absolute Gasteiger partial charge is 0.319 e. The average molecular weight is 307 g/mol. The number of likely N-dealkylation sites (tertiary alicyclic amines) is 1. The molecular weight excluding hydrogens is 286 g/mol. The van der Waals surface area contributed by atoms with Crippen molar-refractivity contribution in [2.45, 2.75) is 25.8 Å². The van der Waals surface area contributed by atoms with Gasteiger partial charge in [-0.05, 0) is 31.9 Å². The number of aromatic amines is 1. The first-order valence-electron chi connectivity index (χ1n) is 7.29. The molecule has 0 aliphatic carbocycles. The summed E-state index contributed by atoms with van der Waals surface area (Å²) in [5.41, 5.74) is 0.473. The van der Waals surface area contributed by atoms with Gasteiger partial charge in [-0.25, -0.2) is 0 Å². The molecule has 7 nitrogen and oxygen atoms in total. The first-order valence-corrected chi connectivity index (χ1v) is 7.29. The third-order valence-electron chi connectivity index (χ3n) is 3.80. The van der Waals surface area contributed by atoms with Crippen LogP contribution < -0.4 is 10.9 Å². The zero-order chi connectivity index (χ0) is 16.1. The maximum Gasteiger partial charge on any atom is 0.319 e. The molecule has 1 fully saturated rings. The summed E-state index contributed by atoms with van der Waals surface area (Å²) in [6, 6.07) is 3.26. The average Bonchev–Trinajstić information content (AvgIpc) is 2.49. The van der Waals surface area contributed by atoms with E-state index >= 15 is 0 Å². The van der Waals surface area contributed by atoms with Crippen LogP contribution >= 0.6 is 0 Å². The van der Waals surface area contributed by atoms with E-state index in [9.17, 15) is 14.4 Å². The highest BCUT2D eigenvalue weighted by molar-refractivity contribution is 5.94. The van der Waals surface area contributed by atoms with E-state index in [0.29, 0.717) is 13.1 Å². The topological polar surface area (TPSA) is 91.5 Å². The predicted molar refractivity (Wildman–Crippen MR) is 80.7 cm³/mol. The Balaban J connectivity index is 1.86. The number of nitrogens with one attached hydrogen (secondary N) is 2. The molecule has 1 aromatic rings. The summed E-state index contributed by atoms with van der Waals surface area (Å²) in [4.78, 5) is 39.7. The van der Waals surface area contributed by atoms with Crippen molar-refractivity contribution in [1.82, 2.24) is 15.2 Å². The number of carbonyl (C=O) groups is 2. The Morgan fingerprint density at radius 3 is 2.64 bits per heavy atom. The second-order valence-corrected chi connectivity index (χ2v) is 5.48. The molecule has 0 spiro atoms. The fraction of sp³-hybridized carbons (Fsp3) is 0.533. The lowest BCUT2D eigenvalue weighted by Gasteiger charge is -2.31. The van der Waals surface area contributed by atoms with Gasteiger partial charge < -0.3 is 15.0 Å². The van der Waals surface area contributed by atoms with Crippen LogP contribution in [0, 0.1) is 6.92 Å². The summed E-state index contributed by atoms with van der Waals surface area (Å²) in [5, 5.41) is 2.88. The van der Waals surface area contributed by atoms with E-state index < -0.39 is 0 Å². The summed E-state index contributed by atoms with van der Waals surface area (Å²) in [6.45, 7) is 3.46. The van der Waals surface area contributed by atoms with Crippen molar-refractivity contribution in [3.05, 3.63) is 33.7 Å². The molecule has 0 bridgehead atoms. The van der Waals surface area contributed by atoms with Crippen molar-refractivity contribution in [2.24, 2.45) is 0 Å². The van der Waals surface area contributed by atoms with Crippen molar-refractivity contribution in [3.8, 4) is 0 Å². The second-order valence-electron chi connectivity index (χ2n) is 5.48. The maximum atomic E-state index is 12.1. The van der Waals surface area contributed by atoms with E-state index in [2.05, 4.69) is 15.0 Å². The van der Waals surface area contributed by atoms with E-state index in [0.717, 1.165) is 18.5 Å². The number of ether oxygens (including phenoxy) is 1. The van der Waals surface area contributed by atoms with E-state index in [-0.39, 0.29) is 35.6 Å². The Kier molecular flexibility index (Phi) is 5.32. The first-order chi connectivity index (χ1) is 10.5. The van der Waals surface area contributed by atoms with Crippen molar-refractivity contribution in [2.75, 3.05) is 26.7 Å². The Morgan fingerprint density at radius 1 is 1.36 bits per heavy atom. The van der Waals surface area contributed by atoms with Crippen LogP contribution in [0.4, 0.5) is 0 Å². The van der Waals surface area contributed by atoms with Crippen molar-refractivity contribution in [3.63, 3.8) is 0 Å². The quantitative estimate of drug-likeness (QED) is 0.767. The molecule has 7 heteroatoms. The SMILES string of the molecule is COC(=O)CN1CCC(NC(=O)c2ccc(C)[nH]c2=O)CC1. The van der Waals surface area contributed by atoms with Gasteiger partial charge in [0.2, 0.25) is 0 Å². The summed E-state index contributed by atoms with van der Waals surface area (Å²) < 4.78 is 4.64. The lowest BCUT2D eigenvalue weighted by molar-refractivity contribution is -0.142. The molecule has 2 rings (SSSR count). The molecule has 0 radical (unpaired) electrons. The number of rotatable bonds is 4. The number of nitrogens with zero attached hydrogens (tertiary/aromatic N) is 1. The summed E-state index contributed by atoms with van der Waals surface area (Å²) >= 11 is 0. The molecule has 0 saturated carbocycles. The van der Waals surface area contributed by atoms with Gasteiger partial charge in [0.1, 0.15) is 5.56 Å². The standard InChI is InChI=1S/C15H21N3O4/c1-10-3-4-12(14(20)16-10)15(21)17-11-5-7-18(8-6-11)9-13(19)22-2/h3-4,11H,5-9H2,1-2H3,(H,16,20)(H,17,21). The Labute approximate surface area is 128 Å². The minimum Gasteiger partial charge on any atom is -0.468 e. The molecule has 1 aliphatic rings. The number of aromatic nitrogens is 1. The number of piperidine rings is 1. The molecule has 2 N–H and O–H groups in total. The maximum absolute atomic E-state index is 12.1. The molecule has 1 amide bonds. The number of H-pyrrole nitrogens is 1. The van der Waals surface area contributed by atoms with Gasteiger partial charge in [-0.3, -0.25) is 19.3 Å². The molecule has 120 valence electrons. The normalized spacial score (nSPS) is 16.3. The van der Waals surface area contributed by atoms with Crippen molar-refractivity contribution >= 4 is 11.9 Å². The molecule has 1 aromatic heterocycles. The molecule has 0 atom stereocenters. The van der Waals surface area contributed by atoms with Crippen LogP contribution in [0.3, 0.4) is 0 Å². The number of methoxy groups -OCH3 is 1. The third kappa shape index (κ3) is 4.17. The van der Waals surface area contributed by atoms with E-state index in [1.54, 1.807) is 13.0 Å². The van der Waals surface area contributed by atoms with Gasteiger partial charge >= 0.3 is 5.97 Å². The van der Waals surface area contributed by atoms with Crippen LogP contribution in [0.5, 0.6) is 0 Å². The van der Waals surface area contributed by atoms with Crippen LogP contribution in [-0.4, -0.2) is 54.5 Å². The van der Waals surface area contributed by atoms with Crippen LogP contribution in [0.1, 0.15) is 28.9 Å². The number of amides is 1. The number of carbonyl (C=O) groups excluding carboxylic acids is 2. The van der Waals surface area contributed by atoms with Gasteiger partial charge in [-0.1, -0.05) is 0 Å². The molecule has 2 heterocycles. The predicted octanol–water partition coefficient (Wildman–Crippen LogP) is 0.0505. The minimum absolute atomic E-state index is 0.0158. The number of hydrogen-bond acceptors (Lipinski definition) is 5. The number of pyridine rings is 1. The number of esters is 1. The van der Waals surface area contributed by atoms with Gasteiger partial charge in [0.15, 0.2) is 0 Å². The van der Waals surface area contributed by atoms with Crippen LogP contribution in [0.2, 0.25) is 0 Å². The third-order valence-corrected chi connectivity index (χ3v) is 3.80. The zero-order valence-corrected chi connectivity index (χ0v) is 12.8. The van der Waals surface area contributed by atoms with Gasteiger partial charge in [0.05, 0.1) is 13.7 Å². The molecule has 1 aliphatic heterocycles. The highest BCUT2D eigenvalue weighted by Gasteiger charge is 2.23. The van der Waals surface area contributed by atoms with Crippen LogP contribution in [0.25, 0.3) is 0 Å². The first kappa shape index (κ1) is 16.2. The molecular formula is C15H21N3O4. The van der Waals surface area contributed by atoms with Gasteiger partial charge in [0.25, 0.3) is 11.5 Å². The fourth-order valence-electron chi connectivity index (χ4n) is 2.50. The van der Waals surface area contributed by atoms with Crippen molar-refractivity contribution in [1.29, 1.82) is 0 Å². The molecule has 22 heavy (non-hydrogen) atoms. The second kappa shape index (κ2) is 7.22. The van der Waals surface area contributed by atoms with E-state index in [4.69, 9.17) is 0 Å². The van der Waals surface area contributed by atoms with Gasteiger partial charge in [-0.2, -0.15) is 0 Å². The lowest BCUT2D eigenvalue weighted by atomic mass is 10.0. The molecule has 1 saturated heterocycles. The largest absolute Gasteiger partial charge is 0.468 e. The van der Waals surface area contributed by atoms with E-state index in [1.165, 1.54) is 13.2 Å². The highest BCUT2D eigenvalue weighted by atomic mass is 16.5. The summed E-state index contributed by atoms with van der Waals surface area (Å²) in [5.74, 6) is -0.610. The summed E-state index contributed by atoms with van der Waals surface area (Å²) in [6.07, 6.45) is 1.49. The fourth-order valence-corrected chi connectivity index (χ4v) is 2.50. The van der Waals surface area contributed by atoms with Gasteiger partial charge in [-0.15, -0.1) is 0 Å². The number of aryl methyl sites for hydroxylation is 1. The molecule has 0 aromatic carbocycles. The minimum atomic E-state index is -0.374.